The molecule has 2 aromatic carbocycles. The van der Waals surface area contributed by atoms with Crippen molar-refractivity contribution in [3.05, 3.63) is 91.3 Å². The van der Waals surface area contributed by atoms with Crippen molar-refractivity contribution >= 4 is 21.8 Å². The summed E-state index contributed by atoms with van der Waals surface area (Å²) in [4.78, 5) is 24.5. The zero-order valence-corrected chi connectivity index (χ0v) is 17.2. The fraction of sp³-hybridized carbons (Fsp3) is 0.143. The number of ether oxygens (including phenoxy) is 1. The summed E-state index contributed by atoms with van der Waals surface area (Å²) in [6, 6.07) is 9.64. The molecule has 8 heteroatoms. The van der Waals surface area contributed by atoms with Gasteiger partial charge in [0, 0.05) is 29.0 Å². The Morgan fingerprint density at radius 3 is 2.52 bits per heavy atom. The highest BCUT2D eigenvalue weighted by atomic mass is 79.9. The van der Waals surface area contributed by atoms with Crippen LogP contribution in [0.15, 0.2) is 51.7 Å². The summed E-state index contributed by atoms with van der Waals surface area (Å²) in [7, 11) is 0. The van der Waals surface area contributed by atoms with Gasteiger partial charge in [0.2, 0.25) is 5.91 Å². The normalized spacial score (nSPS) is 10.8. The number of halogens is 3. The smallest absolute Gasteiger partial charge is 0.273 e. The number of primary amides is 1. The fourth-order valence-electron chi connectivity index (χ4n) is 2.88. The molecule has 1 aromatic heterocycles. The van der Waals surface area contributed by atoms with Crippen molar-refractivity contribution in [1.82, 2.24) is 4.57 Å². The minimum absolute atomic E-state index is 0.134. The first-order valence-corrected chi connectivity index (χ1v) is 9.38. The lowest BCUT2D eigenvalue weighted by Gasteiger charge is -2.17. The van der Waals surface area contributed by atoms with Crippen molar-refractivity contribution in [2.24, 2.45) is 5.73 Å². The van der Waals surface area contributed by atoms with Gasteiger partial charge in [-0.15, -0.1) is 0 Å². The van der Waals surface area contributed by atoms with E-state index >= 15 is 0 Å². The van der Waals surface area contributed by atoms with Gasteiger partial charge in [-0.05, 0) is 59.6 Å². The second kappa shape index (κ2) is 8.16. The Labute approximate surface area is 173 Å². The van der Waals surface area contributed by atoms with Crippen molar-refractivity contribution < 1.29 is 18.3 Å². The van der Waals surface area contributed by atoms with E-state index in [2.05, 4.69) is 15.9 Å². The fourth-order valence-corrected chi connectivity index (χ4v) is 3.29. The maximum Gasteiger partial charge on any atom is 0.273 e. The van der Waals surface area contributed by atoms with Gasteiger partial charge < -0.3 is 10.5 Å². The molecular formula is C21H17BrF2N2O3. The Morgan fingerprint density at radius 1 is 1.14 bits per heavy atom. The van der Waals surface area contributed by atoms with Crippen LogP contribution in [-0.4, -0.2) is 10.5 Å². The Kier molecular flexibility index (Phi) is 5.83. The van der Waals surface area contributed by atoms with Crippen LogP contribution in [-0.2, 0) is 6.61 Å². The van der Waals surface area contributed by atoms with E-state index < -0.39 is 23.1 Å². The van der Waals surface area contributed by atoms with Gasteiger partial charge in [-0.25, -0.2) is 8.78 Å². The van der Waals surface area contributed by atoms with Crippen LogP contribution >= 0.6 is 15.9 Å². The molecule has 0 fully saturated rings. The maximum atomic E-state index is 13.8. The zero-order chi connectivity index (χ0) is 21.3. The third kappa shape index (κ3) is 4.22. The first-order valence-electron chi connectivity index (χ1n) is 8.58. The summed E-state index contributed by atoms with van der Waals surface area (Å²) in [5.41, 5.74) is 7.20. The summed E-state index contributed by atoms with van der Waals surface area (Å²) >= 11 is 3.23. The van der Waals surface area contributed by atoms with Gasteiger partial charge in [0.25, 0.3) is 5.56 Å². The van der Waals surface area contributed by atoms with E-state index in [1.54, 1.807) is 31.2 Å². The van der Waals surface area contributed by atoms with E-state index in [1.807, 2.05) is 6.92 Å². The lowest BCUT2D eigenvalue weighted by Crippen LogP contribution is -2.23. The van der Waals surface area contributed by atoms with Gasteiger partial charge in [-0.1, -0.05) is 6.07 Å². The summed E-state index contributed by atoms with van der Waals surface area (Å²) in [6.07, 6.45) is 0. The summed E-state index contributed by atoms with van der Waals surface area (Å²) < 4.78 is 34.0. The standard InChI is InChI=1S/C21H17BrF2N2O3/c1-11-3-4-13(20(25)27)8-17(11)26-12(2)7-18(19(22)21(26)28)29-10-14-5-6-15(23)9-16(14)24/h3-9H,10H2,1-2H3,(H2,25,27). The molecule has 0 aliphatic rings. The molecule has 2 N–H and O–H groups in total. The average Bonchev–Trinajstić information content (AvgIpc) is 2.66. The van der Waals surface area contributed by atoms with Gasteiger partial charge in [0.15, 0.2) is 0 Å². The highest BCUT2D eigenvalue weighted by Crippen LogP contribution is 2.26. The molecule has 1 heterocycles. The second-order valence-corrected chi connectivity index (χ2v) is 7.29. The molecule has 0 spiro atoms. The van der Waals surface area contributed by atoms with Crippen molar-refractivity contribution in [3.63, 3.8) is 0 Å². The molecular weight excluding hydrogens is 446 g/mol. The number of aromatic nitrogens is 1. The van der Waals surface area contributed by atoms with Crippen LogP contribution < -0.4 is 16.0 Å². The van der Waals surface area contributed by atoms with Gasteiger partial charge >= 0.3 is 0 Å². The molecule has 0 unspecified atom stereocenters. The number of carbonyl (C=O) groups excluding carboxylic acids is 1. The molecule has 3 aromatic rings. The predicted octanol–water partition coefficient (Wildman–Crippen LogP) is 4.17. The molecule has 0 aliphatic carbocycles. The largest absolute Gasteiger partial charge is 0.487 e. The number of amides is 1. The van der Waals surface area contributed by atoms with Crippen LogP contribution in [0.2, 0.25) is 0 Å². The molecule has 3 rings (SSSR count). The molecule has 5 nitrogen and oxygen atoms in total. The summed E-state index contributed by atoms with van der Waals surface area (Å²) in [5, 5.41) is 0. The molecule has 0 aliphatic heterocycles. The third-order valence-corrected chi connectivity index (χ3v) is 5.16. The minimum atomic E-state index is -0.731. The van der Waals surface area contributed by atoms with Crippen LogP contribution in [0.1, 0.15) is 27.2 Å². The predicted molar refractivity (Wildman–Crippen MR) is 108 cm³/mol. The van der Waals surface area contributed by atoms with Crippen LogP contribution in [0.4, 0.5) is 8.78 Å². The number of pyridine rings is 1. The van der Waals surface area contributed by atoms with Crippen molar-refractivity contribution in [2.75, 3.05) is 0 Å². The first-order chi connectivity index (χ1) is 13.7. The van der Waals surface area contributed by atoms with E-state index in [0.29, 0.717) is 11.4 Å². The SMILES string of the molecule is Cc1ccc(C(N)=O)cc1-n1c(C)cc(OCc2ccc(F)cc2F)c(Br)c1=O. The molecule has 29 heavy (non-hydrogen) atoms. The lowest BCUT2D eigenvalue weighted by molar-refractivity contribution is 0.1000. The van der Waals surface area contributed by atoms with Crippen molar-refractivity contribution in [3.8, 4) is 11.4 Å². The van der Waals surface area contributed by atoms with Gasteiger partial charge in [0.1, 0.15) is 28.5 Å². The molecule has 0 saturated carbocycles. The Bertz CT molecular complexity index is 1180. The molecule has 0 bridgehead atoms. The van der Waals surface area contributed by atoms with Crippen LogP contribution in [0.25, 0.3) is 5.69 Å². The lowest BCUT2D eigenvalue weighted by atomic mass is 10.1. The van der Waals surface area contributed by atoms with E-state index in [4.69, 9.17) is 10.5 Å². The van der Waals surface area contributed by atoms with Crippen molar-refractivity contribution in [2.45, 2.75) is 20.5 Å². The second-order valence-electron chi connectivity index (χ2n) is 6.49. The van der Waals surface area contributed by atoms with E-state index in [9.17, 15) is 18.4 Å². The van der Waals surface area contributed by atoms with Gasteiger partial charge in [-0.3, -0.25) is 14.2 Å². The third-order valence-electron chi connectivity index (χ3n) is 4.43. The molecule has 0 saturated heterocycles. The van der Waals surface area contributed by atoms with Crippen LogP contribution in [0.3, 0.4) is 0 Å². The number of carbonyl (C=O) groups is 1. The number of hydrogen-bond donors (Lipinski definition) is 1. The van der Waals surface area contributed by atoms with Crippen LogP contribution in [0.5, 0.6) is 5.75 Å². The quantitative estimate of drug-likeness (QED) is 0.618. The topological polar surface area (TPSA) is 74.3 Å². The number of benzene rings is 2. The minimum Gasteiger partial charge on any atom is -0.487 e. The monoisotopic (exact) mass is 462 g/mol. The van der Waals surface area contributed by atoms with Crippen LogP contribution in [0, 0.1) is 25.5 Å². The van der Waals surface area contributed by atoms with E-state index in [0.717, 1.165) is 17.7 Å². The highest BCUT2D eigenvalue weighted by molar-refractivity contribution is 9.10. The Morgan fingerprint density at radius 2 is 1.86 bits per heavy atom. The summed E-state index contributed by atoms with van der Waals surface area (Å²) in [5.74, 6) is -1.79. The van der Waals surface area contributed by atoms with Gasteiger partial charge in [-0.2, -0.15) is 0 Å². The molecule has 1 amide bonds. The van der Waals surface area contributed by atoms with E-state index in [-0.39, 0.29) is 28.0 Å². The zero-order valence-electron chi connectivity index (χ0n) is 15.6. The number of nitrogens with zero attached hydrogens (tertiary/aromatic N) is 1. The molecule has 0 radical (unpaired) electrons. The molecule has 150 valence electrons. The highest BCUT2D eigenvalue weighted by Gasteiger charge is 2.16. The maximum absolute atomic E-state index is 13.8. The summed E-state index contributed by atoms with van der Waals surface area (Å²) in [6.45, 7) is 3.33. The number of rotatable bonds is 5. The number of hydrogen-bond acceptors (Lipinski definition) is 3. The number of aryl methyl sites for hydroxylation is 2. The average molecular weight is 463 g/mol. The van der Waals surface area contributed by atoms with E-state index in [1.165, 1.54) is 10.6 Å². The Balaban J connectivity index is 2.00. The van der Waals surface area contributed by atoms with Gasteiger partial charge in [0.05, 0.1) is 5.69 Å². The Hall–Kier alpha value is -3.00. The van der Waals surface area contributed by atoms with Crippen molar-refractivity contribution in [1.29, 1.82) is 0 Å². The molecule has 0 atom stereocenters. The first kappa shape index (κ1) is 20.7. The number of nitrogens with two attached hydrogens (primary N) is 1.